The molecule has 3 aromatic rings. The Hall–Kier alpha value is -0.700. The summed E-state index contributed by atoms with van der Waals surface area (Å²) in [5.41, 5.74) is 12.8. The molecule has 0 saturated heterocycles. The number of hydrogen-bond acceptors (Lipinski definition) is 1. The molecule has 2 bridgehead atoms. The van der Waals surface area contributed by atoms with Crippen molar-refractivity contribution in [3.63, 3.8) is 0 Å². The van der Waals surface area contributed by atoms with E-state index in [9.17, 15) is 0 Å². The Labute approximate surface area is 237 Å². The molecule has 0 saturated carbocycles. The van der Waals surface area contributed by atoms with Gasteiger partial charge in [0.2, 0.25) is 0 Å². The second-order valence-electron chi connectivity index (χ2n) is 10.0. The molecule has 0 amide bonds. The van der Waals surface area contributed by atoms with Gasteiger partial charge in [-0.1, -0.05) is 18.7 Å². The van der Waals surface area contributed by atoms with E-state index in [4.69, 9.17) is 0 Å². The largest absolute Gasteiger partial charge is 1.00 e. The van der Waals surface area contributed by atoms with Gasteiger partial charge >= 0.3 is 131 Å². The van der Waals surface area contributed by atoms with Gasteiger partial charge in [0.05, 0.1) is 8.07 Å². The van der Waals surface area contributed by atoms with Crippen molar-refractivity contribution in [2.75, 3.05) is 0 Å². The SMILES string of the molecule is CC1=C2c3sc(C)cc3C1[Si]2(C)C.CCc1ccc(-c2cccc3c2C=C(C)[CH]3[Zr+2])cc1.[Cl-].[Cl-]. The van der Waals surface area contributed by atoms with Gasteiger partial charge in [0, 0.05) is 15.3 Å². The third-order valence-corrected chi connectivity index (χ3v) is 14.8. The molecule has 2 atom stereocenters. The second-order valence-corrected chi connectivity index (χ2v) is 17.2. The van der Waals surface area contributed by atoms with Crippen LogP contribution in [0.5, 0.6) is 0 Å². The summed E-state index contributed by atoms with van der Waals surface area (Å²) >= 11 is 3.60. The van der Waals surface area contributed by atoms with Gasteiger partial charge in [-0.05, 0) is 30.7 Å². The molecule has 7 rings (SSSR count). The van der Waals surface area contributed by atoms with Crippen LogP contribution in [0.3, 0.4) is 0 Å². The number of thiophene rings is 1. The van der Waals surface area contributed by atoms with E-state index in [0.29, 0.717) is 3.63 Å². The van der Waals surface area contributed by atoms with Crippen LogP contribution in [0.2, 0.25) is 13.1 Å². The van der Waals surface area contributed by atoms with Gasteiger partial charge in [-0.15, -0.1) is 11.3 Å². The standard InChI is InChI=1S/C18H17.C11H14SSi.2ClH.Zr/c1-3-14-7-9-15(10-8-14)17-6-4-5-16-11-13(2)12-18(16)17;1-6-5-8-9(12-6)11-7(2)10(8)13(11,3)4;;;/h4-12H,3H2,1-2H3;5,10H,1-4H3;2*1H;/q;;;;+2/p-2. The Bertz CT molecular complexity index is 1280. The Morgan fingerprint density at radius 2 is 1.62 bits per heavy atom. The minimum atomic E-state index is -0.995. The summed E-state index contributed by atoms with van der Waals surface area (Å²) in [6, 6.07) is 18.2. The average molecular weight is 602 g/mol. The van der Waals surface area contributed by atoms with Crippen LogP contribution in [0.1, 0.15) is 61.9 Å². The quantitative estimate of drug-likeness (QED) is 0.397. The van der Waals surface area contributed by atoms with Crippen molar-refractivity contribution in [3.05, 3.63) is 91.7 Å². The van der Waals surface area contributed by atoms with Gasteiger partial charge in [0.15, 0.2) is 0 Å². The van der Waals surface area contributed by atoms with E-state index in [2.05, 4.69) is 95.4 Å². The normalized spacial score (nSPS) is 20.2. The Morgan fingerprint density at radius 1 is 0.941 bits per heavy atom. The molecule has 0 N–H and O–H groups in total. The Balaban J connectivity index is 0.000000190. The van der Waals surface area contributed by atoms with E-state index in [1.54, 1.807) is 45.9 Å². The maximum atomic E-state index is 2.52. The molecule has 175 valence electrons. The first kappa shape index (κ1) is 27.9. The van der Waals surface area contributed by atoms with Crippen LogP contribution in [0.25, 0.3) is 22.4 Å². The molecule has 0 radical (unpaired) electrons. The molecule has 0 fully saturated rings. The third-order valence-electron chi connectivity index (χ3n) is 7.57. The molecular weight excluding hydrogens is 571 g/mol. The molecule has 2 aliphatic carbocycles. The molecule has 2 aromatic carbocycles. The Morgan fingerprint density at radius 3 is 2.21 bits per heavy atom. The molecule has 34 heavy (non-hydrogen) atoms. The van der Waals surface area contributed by atoms with E-state index in [1.807, 2.05) is 11.3 Å². The van der Waals surface area contributed by atoms with Gasteiger partial charge in [0.25, 0.3) is 0 Å². The van der Waals surface area contributed by atoms with Crippen molar-refractivity contribution < 1.29 is 49.5 Å². The molecule has 1 aromatic heterocycles. The zero-order chi connectivity index (χ0) is 22.8. The van der Waals surface area contributed by atoms with Gasteiger partial charge in [-0.3, -0.25) is 0 Å². The molecule has 0 spiro atoms. The summed E-state index contributed by atoms with van der Waals surface area (Å²) in [6.45, 7) is 14.0. The molecule has 4 aliphatic rings. The van der Waals surface area contributed by atoms with E-state index in [-0.39, 0.29) is 24.8 Å². The summed E-state index contributed by atoms with van der Waals surface area (Å²) in [7, 11) is -0.995. The topological polar surface area (TPSA) is 0 Å². The van der Waals surface area contributed by atoms with Crippen LogP contribution in [0.15, 0.2) is 59.7 Å². The van der Waals surface area contributed by atoms with Gasteiger partial charge < -0.3 is 24.8 Å². The first-order valence-corrected chi connectivity index (χ1v) is 17.0. The van der Waals surface area contributed by atoms with Crippen molar-refractivity contribution in [1.82, 2.24) is 0 Å². The van der Waals surface area contributed by atoms with Gasteiger partial charge in [0.1, 0.15) is 0 Å². The number of halogens is 2. The summed E-state index contributed by atoms with van der Waals surface area (Å²) in [4.78, 5) is 3.14. The van der Waals surface area contributed by atoms with Crippen LogP contribution in [0, 0.1) is 6.92 Å². The summed E-state index contributed by atoms with van der Waals surface area (Å²) in [6.07, 6.45) is 3.48. The molecule has 2 aliphatic heterocycles. The number of rotatable bonds is 2. The van der Waals surface area contributed by atoms with Crippen molar-refractivity contribution in [1.29, 1.82) is 0 Å². The van der Waals surface area contributed by atoms with Crippen molar-refractivity contribution in [2.45, 2.75) is 56.4 Å². The van der Waals surface area contributed by atoms with Crippen LogP contribution in [-0.2, 0) is 31.1 Å². The fourth-order valence-corrected chi connectivity index (χ4v) is 13.1. The smallest absolute Gasteiger partial charge is 1.00 e. The fourth-order valence-electron chi connectivity index (χ4n) is 6.02. The minimum Gasteiger partial charge on any atom is -1.00 e. The Kier molecular flexibility index (Phi) is 8.49. The van der Waals surface area contributed by atoms with Crippen LogP contribution in [-0.4, -0.2) is 8.07 Å². The van der Waals surface area contributed by atoms with Crippen LogP contribution < -0.4 is 24.8 Å². The second kappa shape index (κ2) is 10.3. The van der Waals surface area contributed by atoms with Crippen LogP contribution in [0.4, 0.5) is 0 Å². The molecule has 2 unspecified atom stereocenters. The zero-order valence-electron chi connectivity index (χ0n) is 20.7. The van der Waals surface area contributed by atoms with Gasteiger partial charge in [-0.2, -0.15) is 0 Å². The number of allylic oxidation sites excluding steroid dienone is 2. The first-order valence-electron chi connectivity index (χ1n) is 11.7. The van der Waals surface area contributed by atoms with E-state index in [0.717, 1.165) is 12.0 Å². The van der Waals surface area contributed by atoms with E-state index in [1.165, 1.54) is 38.3 Å². The number of fused-ring (bicyclic) bond motifs is 1. The average Bonchev–Trinajstić information content (AvgIpc) is 3.42. The molecule has 3 heterocycles. The third kappa shape index (κ3) is 4.35. The summed E-state index contributed by atoms with van der Waals surface area (Å²) in [5.74, 6) is 0. The number of aryl methyl sites for hydroxylation is 2. The predicted octanol–water partition coefficient (Wildman–Crippen LogP) is 2.66. The maximum Gasteiger partial charge on any atom is -1.00 e. The first-order chi connectivity index (χ1) is 15.2. The molecule has 0 nitrogen and oxygen atoms in total. The number of hydrogen-bond donors (Lipinski definition) is 0. The maximum absolute atomic E-state index is 2.52. The van der Waals surface area contributed by atoms with E-state index >= 15 is 0 Å². The van der Waals surface area contributed by atoms with Crippen molar-refractivity contribution in [3.8, 4) is 11.1 Å². The zero-order valence-corrected chi connectivity index (χ0v) is 26.5. The van der Waals surface area contributed by atoms with Crippen molar-refractivity contribution in [2.24, 2.45) is 0 Å². The fraction of sp³-hybridized carbons (Fsp3) is 0.310. The van der Waals surface area contributed by atoms with Crippen LogP contribution >= 0.6 is 11.3 Å². The van der Waals surface area contributed by atoms with E-state index < -0.39 is 8.07 Å². The van der Waals surface area contributed by atoms with Gasteiger partial charge in [-0.25, -0.2) is 0 Å². The molecule has 5 heteroatoms. The predicted molar refractivity (Wildman–Crippen MR) is 140 cm³/mol. The number of benzene rings is 2. The molecular formula is C29H31Cl2SSiZr. The summed E-state index contributed by atoms with van der Waals surface area (Å²) in [5, 5.41) is 1.78. The summed E-state index contributed by atoms with van der Waals surface area (Å²) < 4.78 is 0.650. The monoisotopic (exact) mass is 599 g/mol. The van der Waals surface area contributed by atoms with Crippen molar-refractivity contribution >= 4 is 30.7 Å². The minimum absolute atomic E-state index is 0.